The molecule has 184 valence electrons. The Hall–Kier alpha value is -3.46. The van der Waals surface area contributed by atoms with Gasteiger partial charge < -0.3 is 29.6 Å². The zero-order valence-electron chi connectivity index (χ0n) is 20.2. The van der Waals surface area contributed by atoms with Gasteiger partial charge in [0, 0.05) is 12.5 Å². The second-order valence-corrected chi connectivity index (χ2v) is 8.05. The highest BCUT2D eigenvalue weighted by Gasteiger charge is 2.26. The van der Waals surface area contributed by atoms with Crippen molar-refractivity contribution in [3.05, 3.63) is 42.0 Å². The molecule has 2 aromatic carbocycles. The van der Waals surface area contributed by atoms with Crippen LogP contribution in [0, 0.1) is 5.92 Å². The fourth-order valence-corrected chi connectivity index (χ4v) is 4.03. The molecular weight excluding hydrogens is 438 g/mol. The van der Waals surface area contributed by atoms with Crippen LogP contribution >= 0.6 is 0 Å². The molecule has 1 fully saturated rings. The Bertz CT molecular complexity index is 963. The third-order valence-electron chi connectivity index (χ3n) is 5.90. The number of nitrogens with one attached hydrogen (secondary N) is 2. The molecule has 3 rings (SSSR count). The maximum atomic E-state index is 12.7. The van der Waals surface area contributed by atoms with Crippen molar-refractivity contribution in [2.45, 2.75) is 19.4 Å². The summed E-state index contributed by atoms with van der Waals surface area (Å²) in [5.74, 6) is 2.04. The lowest BCUT2D eigenvalue weighted by Gasteiger charge is -2.30. The van der Waals surface area contributed by atoms with E-state index in [1.54, 1.807) is 28.4 Å². The number of likely N-dealkylation sites (tertiary alicyclic amines) is 1. The molecule has 0 aliphatic carbocycles. The van der Waals surface area contributed by atoms with E-state index in [9.17, 15) is 9.59 Å². The Morgan fingerprint density at radius 1 is 0.912 bits per heavy atom. The molecule has 9 heteroatoms. The van der Waals surface area contributed by atoms with Crippen LogP contribution in [0.5, 0.6) is 23.0 Å². The lowest BCUT2D eigenvalue weighted by Crippen LogP contribution is -2.43. The normalized spacial score (nSPS) is 14.2. The van der Waals surface area contributed by atoms with Gasteiger partial charge in [-0.3, -0.25) is 14.5 Å². The molecule has 0 atom stereocenters. The second-order valence-electron chi connectivity index (χ2n) is 8.05. The number of ether oxygens (including phenoxy) is 4. The maximum Gasteiger partial charge on any atom is 0.234 e. The van der Waals surface area contributed by atoms with Crippen molar-refractivity contribution >= 4 is 17.5 Å². The van der Waals surface area contributed by atoms with Crippen molar-refractivity contribution in [2.24, 2.45) is 5.92 Å². The molecule has 9 nitrogen and oxygen atoms in total. The zero-order valence-corrected chi connectivity index (χ0v) is 20.2. The van der Waals surface area contributed by atoms with Crippen LogP contribution in [0.25, 0.3) is 0 Å². The van der Waals surface area contributed by atoms with E-state index in [0.29, 0.717) is 61.2 Å². The number of hydrogen-bond donors (Lipinski definition) is 2. The van der Waals surface area contributed by atoms with Crippen molar-refractivity contribution in [2.75, 3.05) is 53.4 Å². The SMILES string of the molecule is COc1ccccc1NC(=O)C1CCN(CC(=O)NCc2cc(OC)c(OC)c(OC)c2)CC1. The van der Waals surface area contributed by atoms with Crippen LogP contribution < -0.4 is 29.6 Å². The molecule has 0 bridgehead atoms. The number of amides is 2. The van der Waals surface area contributed by atoms with Gasteiger partial charge in [-0.25, -0.2) is 0 Å². The molecule has 1 aliphatic heterocycles. The number of anilines is 1. The number of benzene rings is 2. The van der Waals surface area contributed by atoms with Crippen LogP contribution in [0.3, 0.4) is 0 Å². The first-order valence-corrected chi connectivity index (χ1v) is 11.2. The van der Waals surface area contributed by atoms with Gasteiger partial charge in [0.25, 0.3) is 0 Å². The van der Waals surface area contributed by atoms with E-state index < -0.39 is 0 Å². The number of piperidine rings is 1. The lowest BCUT2D eigenvalue weighted by atomic mass is 9.95. The van der Waals surface area contributed by atoms with E-state index in [-0.39, 0.29) is 24.3 Å². The predicted octanol–water partition coefficient (Wildman–Crippen LogP) is 2.69. The highest BCUT2D eigenvalue weighted by Crippen LogP contribution is 2.38. The minimum Gasteiger partial charge on any atom is -0.495 e. The minimum atomic E-state index is -0.0940. The topological polar surface area (TPSA) is 98.4 Å². The van der Waals surface area contributed by atoms with Gasteiger partial charge in [0.2, 0.25) is 17.6 Å². The van der Waals surface area contributed by atoms with Gasteiger partial charge in [0.1, 0.15) is 5.75 Å². The molecule has 0 saturated carbocycles. The number of carbonyl (C=O) groups is 2. The molecule has 1 aliphatic rings. The molecule has 1 heterocycles. The first-order chi connectivity index (χ1) is 16.5. The third kappa shape index (κ3) is 6.32. The van der Waals surface area contributed by atoms with E-state index in [0.717, 1.165) is 5.56 Å². The molecule has 34 heavy (non-hydrogen) atoms. The summed E-state index contributed by atoms with van der Waals surface area (Å²) in [6.45, 7) is 1.99. The van der Waals surface area contributed by atoms with Crippen molar-refractivity contribution in [3.8, 4) is 23.0 Å². The fraction of sp³-hybridized carbons (Fsp3) is 0.440. The minimum absolute atomic E-state index is 0.0176. The first-order valence-electron chi connectivity index (χ1n) is 11.2. The Labute approximate surface area is 200 Å². The summed E-state index contributed by atoms with van der Waals surface area (Å²) >= 11 is 0. The number of nitrogens with zero attached hydrogens (tertiary/aromatic N) is 1. The standard InChI is InChI=1S/C25H33N3O6/c1-31-20-8-6-5-7-19(20)27-25(30)18-9-11-28(12-10-18)16-23(29)26-15-17-13-21(32-2)24(34-4)22(14-17)33-3/h5-8,13-14,18H,9-12,15-16H2,1-4H3,(H,26,29)(H,27,30). The van der Waals surface area contributed by atoms with Gasteiger partial charge >= 0.3 is 0 Å². The highest BCUT2D eigenvalue weighted by molar-refractivity contribution is 5.94. The average Bonchev–Trinajstić information content (AvgIpc) is 2.87. The van der Waals surface area contributed by atoms with E-state index in [2.05, 4.69) is 15.5 Å². The van der Waals surface area contributed by atoms with Gasteiger partial charge in [-0.15, -0.1) is 0 Å². The van der Waals surface area contributed by atoms with Gasteiger partial charge in [-0.1, -0.05) is 12.1 Å². The largest absolute Gasteiger partial charge is 0.495 e. The summed E-state index contributed by atoms with van der Waals surface area (Å²) < 4.78 is 21.4. The quantitative estimate of drug-likeness (QED) is 0.550. The molecule has 2 N–H and O–H groups in total. The van der Waals surface area contributed by atoms with Gasteiger partial charge in [-0.05, 0) is 55.8 Å². The van der Waals surface area contributed by atoms with Gasteiger partial charge in [0.15, 0.2) is 11.5 Å². The van der Waals surface area contributed by atoms with E-state index in [1.165, 1.54) is 0 Å². The average molecular weight is 472 g/mol. The molecular formula is C25H33N3O6. The zero-order chi connectivity index (χ0) is 24.5. The summed E-state index contributed by atoms with van der Waals surface area (Å²) in [7, 11) is 6.24. The van der Waals surface area contributed by atoms with Crippen LogP contribution in [0.15, 0.2) is 36.4 Å². The monoisotopic (exact) mass is 471 g/mol. The Balaban J connectivity index is 1.46. The van der Waals surface area contributed by atoms with Crippen molar-refractivity contribution < 1.29 is 28.5 Å². The highest BCUT2D eigenvalue weighted by atomic mass is 16.5. The van der Waals surface area contributed by atoms with Crippen LogP contribution in [-0.2, 0) is 16.1 Å². The van der Waals surface area contributed by atoms with E-state index >= 15 is 0 Å². The maximum absolute atomic E-state index is 12.7. The first kappa shape index (κ1) is 25.2. The van der Waals surface area contributed by atoms with Crippen LogP contribution in [-0.4, -0.2) is 64.8 Å². The summed E-state index contributed by atoms with van der Waals surface area (Å²) in [5.41, 5.74) is 1.51. The van der Waals surface area contributed by atoms with Crippen LogP contribution in [0.2, 0.25) is 0 Å². The number of hydrogen-bond acceptors (Lipinski definition) is 7. The van der Waals surface area contributed by atoms with E-state index in [1.807, 2.05) is 36.4 Å². The van der Waals surface area contributed by atoms with Crippen molar-refractivity contribution in [3.63, 3.8) is 0 Å². The van der Waals surface area contributed by atoms with E-state index in [4.69, 9.17) is 18.9 Å². The van der Waals surface area contributed by atoms with Crippen molar-refractivity contribution in [1.82, 2.24) is 10.2 Å². The predicted molar refractivity (Wildman–Crippen MR) is 129 cm³/mol. The van der Waals surface area contributed by atoms with Crippen LogP contribution in [0.4, 0.5) is 5.69 Å². The Morgan fingerprint density at radius 3 is 2.12 bits per heavy atom. The fourth-order valence-electron chi connectivity index (χ4n) is 4.03. The molecule has 0 unspecified atom stereocenters. The Morgan fingerprint density at radius 2 is 1.53 bits per heavy atom. The summed E-state index contributed by atoms with van der Waals surface area (Å²) in [5, 5.41) is 5.90. The molecule has 1 saturated heterocycles. The lowest BCUT2D eigenvalue weighted by molar-refractivity contribution is -0.123. The van der Waals surface area contributed by atoms with Crippen molar-refractivity contribution in [1.29, 1.82) is 0 Å². The summed E-state index contributed by atoms with van der Waals surface area (Å²) in [6, 6.07) is 11.0. The number of carbonyl (C=O) groups excluding carboxylic acids is 2. The molecule has 0 radical (unpaired) electrons. The Kier molecular flexibility index (Phi) is 8.98. The van der Waals surface area contributed by atoms with Crippen LogP contribution in [0.1, 0.15) is 18.4 Å². The second kappa shape index (κ2) is 12.1. The molecule has 2 aromatic rings. The third-order valence-corrected chi connectivity index (χ3v) is 5.90. The number of rotatable bonds is 10. The van der Waals surface area contributed by atoms with Gasteiger partial charge in [-0.2, -0.15) is 0 Å². The smallest absolute Gasteiger partial charge is 0.234 e. The number of para-hydroxylation sites is 2. The summed E-state index contributed by atoms with van der Waals surface area (Å²) in [6.07, 6.45) is 1.39. The number of methoxy groups -OCH3 is 4. The molecule has 2 amide bonds. The summed E-state index contributed by atoms with van der Waals surface area (Å²) in [4.78, 5) is 27.3. The van der Waals surface area contributed by atoms with Gasteiger partial charge in [0.05, 0.1) is 40.7 Å². The molecule has 0 spiro atoms. The molecule has 0 aromatic heterocycles.